The number of fused-ring (bicyclic) bond motifs is 1. The summed E-state index contributed by atoms with van der Waals surface area (Å²) >= 11 is 6.00. The molecule has 0 bridgehead atoms. The van der Waals surface area contributed by atoms with Crippen molar-refractivity contribution in [2.24, 2.45) is 0 Å². The van der Waals surface area contributed by atoms with Crippen LogP contribution < -0.4 is 5.32 Å². The van der Waals surface area contributed by atoms with E-state index in [0.29, 0.717) is 10.6 Å². The zero-order valence-electron chi connectivity index (χ0n) is 12.6. The minimum atomic E-state index is -1.10. The van der Waals surface area contributed by atoms with Gasteiger partial charge in [-0.3, -0.25) is 4.79 Å². The Kier molecular flexibility index (Phi) is 4.53. The lowest BCUT2D eigenvalue weighted by atomic mass is 10.1. The van der Waals surface area contributed by atoms with E-state index < -0.39 is 12.0 Å². The molecule has 0 aliphatic rings. The van der Waals surface area contributed by atoms with E-state index in [4.69, 9.17) is 11.6 Å². The van der Waals surface area contributed by atoms with E-state index in [2.05, 4.69) is 5.32 Å². The number of carboxylic acids is 1. The fraction of sp³-hybridized carbons (Fsp3) is 0.111. The maximum absolute atomic E-state index is 12.3. The van der Waals surface area contributed by atoms with Crippen LogP contribution in [0.5, 0.6) is 0 Å². The number of halogens is 1. The van der Waals surface area contributed by atoms with E-state index in [1.165, 1.54) is 0 Å². The third-order valence-corrected chi connectivity index (χ3v) is 3.97. The molecule has 6 heteroatoms. The molecule has 24 heavy (non-hydrogen) atoms. The van der Waals surface area contributed by atoms with Gasteiger partial charge in [-0.05, 0) is 29.1 Å². The molecule has 3 rings (SSSR count). The van der Waals surface area contributed by atoms with Gasteiger partial charge in [-0.15, -0.1) is 0 Å². The standard InChI is InChI=1S/C18H15ClN2O3/c19-14-7-6-12-8-9-21(15(12)10-14)11-16(22)20-17(18(23)24)13-4-2-1-3-5-13/h1-10,17H,11H2,(H,20,22)(H,23,24)/t17-/m0/s1. The van der Waals surface area contributed by atoms with Crippen LogP contribution in [0.15, 0.2) is 60.8 Å². The zero-order valence-corrected chi connectivity index (χ0v) is 13.4. The molecule has 122 valence electrons. The minimum absolute atomic E-state index is 0.0143. The monoisotopic (exact) mass is 342 g/mol. The second-order valence-electron chi connectivity index (χ2n) is 5.40. The molecule has 3 aromatic rings. The summed E-state index contributed by atoms with van der Waals surface area (Å²) in [5.41, 5.74) is 1.35. The third-order valence-electron chi connectivity index (χ3n) is 3.74. The number of hydrogen-bond donors (Lipinski definition) is 2. The van der Waals surface area contributed by atoms with Gasteiger partial charge in [0, 0.05) is 16.7 Å². The van der Waals surface area contributed by atoms with Gasteiger partial charge in [-0.1, -0.05) is 48.0 Å². The lowest BCUT2D eigenvalue weighted by Gasteiger charge is -2.15. The first-order valence-corrected chi connectivity index (χ1v) is 7.74. The molecular formula is C18H15ClN2O3. The van der Waals surface area contributed by atoms with Crippen molar-refractivity contribution in [3.8, 4) is 0 Å². The van der Waals surface area contributed by atoms with Crippen LogP contribution in [0.3, 0.4) is 0 Å². The van der Waals surface area contributed by atoms with E-state index in [1.54, 1.807) is 53.2 Å². The van der Waals surface area contributed by atoms with Crippen molar-refractivity contribution in [3.63, 3.8) is 0 Å². The first kappa shape index (κ1) is 16.1. The van der Waals surface area contributed by atoms with E-state index in [9.17, 15) is 14.7 Å². The second kappa shape index (κ2) is 6.76. The quantitative estimate of drug-likeness (QED) is 0.747. The van der Waals surface area contributed by atoms with E-state index in [0.717, 1.165) is 10.9 Å². The van der Waals surface area contributed by atoms with Crippen molar-refractivity contribution >= 4 is 34.4 Å². The number of nitrogens with zero attached hydrogens (tertiary/aromatic N) is 1. The highest BCUT2D eigenvalue weighted by Crippen LogP contribution is 2.20. The number of aliphatic carboxylic acids is 1. The topological polar surface area (TPSA) is 71.3 Å². The highest BCUT2D eigenvalue weighted by molar-refractivity contribution is 6.31. The summed E-state index contributed by atoms with van der Waals surface area (Å²) in [6.45, 7) is 0.0143. The summed E-state index contributed by atoms with van der Waals surface area (Å²) in [6, 6.07) is 14.8. The molecule has 1 atom stereocenters. The van der Waals surface area contributed by atoms with Gasteiger partial charge >= 0.3 is 5.97 Å². The lowest BCUT2D eigenvalue weighted by molar-refractivity contribution is -0.142. The van der Waals surface area contributed by atoms with Gasteiger partial charge in [-0.2, -0.15) is 0 Å². The number of aromatic nitrogens is 1. The van der Waals surface area contributed by atoms with E-state index >= 15 is 0 Å². The van der Waals surface area contributed by atoms with Crippen molar-refractivity contribution in [3.05, 3.63) is 71.4 Å². The molecule has 0 unspecified atom stereocenters. The highest BCUT2D eigenvalue weighted by Gasteiger charge is 2.22. The Bertz CT molecular complexity index is 890. The second-order valence-corrected chi connectivity index (χ2v) is 5.83. The van der Waals surface area contributed by atoms with Gasteiger partial charge in [0.15, 0.2) is 6.04 Å². The van der Waals surface area contributed by atoms with Crippen LogP contribution in [0.1, 0.15) is 11.6 Å². The Balaban J connectivity index is 1.78. The number of benzene rings is 2. The number of rotatable bonds is 5. The third kappa shape index (κ3) is 3.41. The number of hydrogen-bond acceptors (Lipinski definition) is 2. The molecule has 2 aromatic carbocycles. The summed E-state index contributed by atoms with van der Waals surface area (Å²) < 4.78 is 1.74. The summed E-state index contributed by atoms with van der Waals surface area (Å²) in [5.74, 6) is -1.49. The van der Waals surface area contributed by atoms with Crippen LogP contribution >= 0.6 is 11.6 Å². The molecule has 0 aliphatic carbocycles. The SMILES string of the molecule is O=C(Cn1ccc2ccc(Cl)cc21)N[C@H](C(=O)O)c1ccccc1. The highest BCUT2D eigenvalue weighted by atomic mass is 35.5. The van der Waals surface area contributed by atoms with Crippen molar-refractivity contribution in [1.29, 1.82) is 0 Å². The summed E-state index contributed by atoms with van der Waals surface area (Å²) in [4.78, 5) is 23.8. The normalized spacial score (nSPS) is 12.0. The molecule has 2 N–H and O–H groups in total. The van der Waals surface area contributed by atoms with Gasteiger partial charge in [0.1, 0.15) is 6.54 Å². The van der Waals surface area contributed by atoms with Gasteiger partial charge in [0.05, 0.1) is 0 Å². The van der Waals surface area contributed by atoms with E-state index in [1.807, 2.05) is 12.1 Å². The number of carbonyl (C=O) groups is 2. The predicted molar refractivity (Wildman–Crippen MR) is 91.9 cm³/mol. The smallest absolute Gasteiger partial charge is 0.330 e. The average Bonchev–Trinajstić information content (AvgIpc) is 2.95. The van der Waals surface area contributed by atoms with Crippen LogP contribution in [0.25, 0.3) is 10.9 Å². The summed E-state index contributed by atoms with van der Waals surface area (Å²) in [6.07, 6.45) is 1.78. The molecule has 0 fully saturated rings. The van der Waals surface area contributed by atoms with Crippen LogP contribution in [0.4, 0.5) is 0 Å². The molecule has 1 heterocycles. The van der Waals surface area contributed by atoms with E-state index in [-0.39, 0.29) is 12.5 Å². The maximum atomic E-state index is 12.3. The van der Waals surface area contributed by atoms with Crippen molar-refractivity contribution < 1.29 is 14.7 Å². The van der Waals surface area contributed by atoms with Crippen LogP contribution in [-0.2, 0) is 16.1 Å². The maximum Gasteiger partial charge on any atom is 0.330 e. The lowest BCUT2D eigenvalue weighted by Crippen LogP contribution is -2.35. The summed E-state index contributed by atoms with van der Waals surface area (Å²) in [5, 5.41) is 13.5. The van der Waals surface area contributed by atoms with Gasteiger partial charge < -0.3 is 15.0 Å². The molecular weight excluding hydrogens is 328 g/mol. The number of carboxylic acid groups (broad SMARTS) is 1. The molecule has 0 saturated carbocycles. The first-order valence-electron chi connectivity index (χ1n) is 7.36. The van der Waals surface area contributed by atoms with Crippen molar-refractivity contribution in [2.45, 2.75) is 12.6 Å². The van der Waals surface area contributed by atoms with Crippen LogP contribution in [0.2, 0.25) is 5.02 Å². The average molecular weight is 343 g/mol. The fourth-order valence-electron chi connectivity index (χ4n) is 2.59. The van der Waals surface area contributed by atoms with Gasteiger partial charge in [0.2, 0.25) is 5.91 Å². The largest absolute Gasteiger partial charge is 0.479 e. The predicted octanol–water partition coefficient (Wildman–Crippen LogP) is 3.24. The first-order chi connectivity index (χ1) is 11.5. The van der Waals surface area contributed by atoms with Crippen LogP contribution in [-0.4, -0.2) is 21.6 Å². The number of amides is 1. The molecule has 1 aromatic heterocycles. The van der Waals surface area contributed by atoms with Gasteiger partial charge in [-0.25, -0.2) is 4.79 Å². The van der Waals surface area contributed by atoms with Gasteiger partial charge in [0.25, 0.3) is 0 Å². The number of nitrogens with one attached hydrogen (secondary N) is 1. The minimum Gasteiger partial charge on any atom is -0.479 e. The Labute approximate surface area is 143 Å². The van der Waals surface area contributed by atoms with Crippen LogP contribution in [0, 0.1) is 0 Å². The Hall–Kier alpha value is -2.79. The molecule has 0 aliphatic heterocycles. The number of carbonyl (C=O) groups excluding carboxylic acids is 1. The molecule has 0 saturated heterocycles. The molecule has 0 radical (unpaired) electrons. The fourth-order valence-corrected chi connectivity index (χ4v) is 2.76. The van der Waals surface area contributed by atoms with Crippen molar-refractivity contribution in [2.75, 3.05) is 0 Å². The zero-order chi connectivity index (χ0) is 17.1. The molecule has 0 spiro atoms. The molecule has 1 amide bonds. The molecule has 5 nitrogen and oxygen atoms in total. The summed E-state index contributed by atoms with van der Waals surface area (Å²) in [7, 11) is 0. The Morgan fingerprint density at radius 3 is 2.58 bits per heavy atom. The Morgan fingerprint density at radius 2 is 1.88 bits per heavy atom. The Morgan fingerprint density at radius 1 is 1.12 bits per heavy atom. The van der Waals surface area contributed by atoms with Crippen molar-refractivity contribution in [1.82, 2.24) is 9.88 Å².